The van der Waals surface area contributed by atoms with Gasteiger partial charge in [0.25, 0.3) is 5.56 Å². The predicted molar refractivity (Wildman–Crippen MR) is 116 cm³/mol. The van der Waals surface area contributed by atoms with Crippen LogP contribution in [0.4, 0.5) is 5.82 Å². The third kappa shape index (κ3) is 4.64. The van der Waals surface area contributed by atoms with Crippen molar-refractivity contribution in [3.63, 3.8) is 0 Å². The molecule has 0 aliphatic carbocycles. The number of hydrogen-bond acceptors (Lipinski definition) is 5. The highest BCUT2D eigenvalue weighted by molar-refractivity contribution is 9.10. The van der Waals surface area contributed by atoms with E-state index >= 15 is 0 Å². The maximum atomic E-state index is 12.6. The number of rotatable bonds is 6. The molecule has 150 valence electrons. The van der Waals surface area contributed by atoms with Gasteiger partial charge in [-0.2, -0.15) is 0 Å². The molecule has 3 aromatic rings. The molecule has 0 saturated carbocycles. The standard InChI is InChI=1S/C21H22BrN5O2/c22-16-3-4-18-17(12-16)21(29)27(14-25-18)10-6-20(28)24-13-15-5-7-23-19(11-15)26-8-1-2-9-26/h3-5,7,11-12,14H,1-2,6,8-10,13H2,(H,24,28). The van der Waals surface area contributed by atoms with Gasteiger partial charge >= 0.3 is 0 Å². The van der Waals surface area contributed by atoms with E-state index in [0.717, 1.165) is 28.9 Å². The first-order chi connectivity index (χ1) is 14.1. The molecule has 8 heteroatoms. The van der Waals surface area contributed by atoms with E-state index in [0.29, 0.717) is 17.4 Å². The molecule has 1 fully saturated rings. The summed E-state index contributed by atoms with van der Waals surface area (Å²) in [4.78, 5) is 35.9. The van der Waals surface area contributed by atoms with Gasteiger partial charge in [0.15, 0.2) is 0 Å². The van der Waals surface area contributed by atoms with Crippen LogP contribution in [0.15, 0.2) is 52.1 Å². The summed E-state index contributed by atoms with van der Waals surface area (Å²) in [6.45, 7) is 2.80. The number of nitrogens with one attached hydrogen (secondary N) is 1. The van der Waals surface area contributed by atoms with Crippen molar-refractivity contribution in [3.05, 3.63) is 63.2 Å². The van der Waals surface area contributed by atoms with Crippen LogP contribution in [0.25, 0.3) is 10.9 Å². The van der Waals surface area contributed by atoms with Gasteiger partial charge in [-0.05, 0) is 48.7 Å². The van der Waals surface area contributed by atoms with Crippen molar-refractivity contribution in [2.24, 2.45) is 0 Å². The Morgan fingerprint density at radius 1 is 1.14 bits per heavy atom. The average Bonchev–Trinajstić information content (AvgIpc) is 3.27. The number of anilines is 1. The Balaban J connectivity index is 1.35. The van der Waals surface area contributed by atoms with E-state index in [4.69, 9.17) is 0 Å². The molecule has 0 radical (unpaired) electrons. The van der Waals surface area contributed by atoms with Crippen molar-refractivity contribution in [3.8, 4) is 0 Å². The van der Waals surface area contributed by atoms with Gasteiger partial charge in [-0.3, -0.25) is 14.2 Å². The molecule has 2 aromatic heterocycles. The largest absolute Gasteiger partial charge is 0.357 e. The zero-order valence-electron chi connectivity index (χ0n) is 16.0. The molecule has 4 rings (SSSR count). The molecule has 1 aromatic carbocycles. The lowest BCUT2D eigenvalue weighted by molar-refractivity contribution is -0.121. The van der Waals surface area contributed by atoms with Crippen LogP contribution in [-0.4, -0.2) is 33.5 Å². The number of hydrogen-bond donors (Lipinski definition) is 1. The first kappa shape index (κ1) is 19.6. The van der Waals surface area contributed by atoms with Gasteiger partial charge < -0.3 is 10.2 Å². The third-order valence-corrected chi connectivity index (χ3v) is 5.59. The SMILES string of the molecule is O=C(CCn1cnc2ccc(Br)cc2c1=O)NCc1ccnc(N2CCCC2)c1. The first-order valence-electron chi connectivity index (χ1n) is 9.71. The summed E-state index contributed by atoms with van der Waals surface area (Å²) >= 11 is 3.38. The second-order valence-corrected chi connectivity index (χ2v) is 8.06. The Labute approximate surface area is 176 Å². The van der Waals surface area contributed by atoms with Gasteiger partial charge in [-0.1, -0.05) is 15.9 Å². The molecular weight excluding hydrogens is 434 g/mol. The van der Waals surface area contributed by atoms with Crippen LogP contribution >= 0.6 is 15.9 Å². The minimum atomic E-state index is -0.145. The van der Waals surface area contributed by atoms with Crippen molar-refractivity contribution in [2.45, 2.75) is 32.4 Å². The Morgan fingerprint density at radius 2 is 1.97 bits per heavy atom. The number of nitrogens with zero attached hydrogens (tertiary/aromatic N) is 4. The Morgan fingerprint density at radius 3 is 2.79 bits per heavy atom. The second kappa shape index (κ2) is 8.73. The highest BCUT2D eigenvalue weighted by Crippen LogP contribution is 2.18. The number of amides is 1. The summed E-state index contributed by atoms with van der Waals surface area (Å²) in [5, 5.41) is 3.46. The van der Waals surface area contributed by atoms with Crippen molar-refractivity contribution < 1.29 is 4.79 Å². The molecule has 1 saturated heterocycles. The van der Waals surface area contributed by atoms with Crippen molar-refractivity contribution in [1.29, 1.82) is 0 Å². The minimum Gasteiger partial charge on any atom is -0.357 e. The van der Waals surface area contributed by atoms with E-state index in [1.165, 1.54) is 23.7 Å². The number of fused-ring (bicyclic) bond motifs is 1. The molecule has 0 spiro atoms. The Kier molecular flexibility index (Phi) is 5.89. The van der Waals surface area contributed by atoms with E-state index < -0.39 is 0 Å². The molecule has 29 heavy (non-hydrogen) atoms. The number of aromatic nitrogens is 3. The third-order valence-electron chi connectivity index (χ3n) is 5.10. The molecule has 1 amide bonds. The summed E-state index contributed by atoms with van der Waals surface area (Å²) in [5.74, 6) is 0.861. The van der Waals surface area contributed by atoms with E-state index in [1.54, 1.807) is 18.3 Å². The lowest BCUT2D eigenvalue weighted by atomic mass is 10.2. The minimum absolute atomic E-state index is 0.106. The van der Waals surface area contributed by atoms with Crippen molar-refractivity contribution in [2.75, 3.05) is 18.0 Å². The summed E-state index contributed by atoms with van der Waals surface area (Å²) in [5.41, 5.74) is 1.52. The lowest BCUT2D eigenvalue weighted by Crippen LogP contribution is -2.27. The van der Waals surface area contributed by atoms with Crippen LogP contribution < -0.4 is 15.8 Å². The average molecular weight is 456 g/mol. The van der Waals surface area contributed by atoms with Crippen molar-refractivity contribution in [1.82, 2.24) is 19.9 Å². The number of aryl methyl sites for hydroxylation is 1. The smallest absolute Gasteiger partial charge is 0.261 e. The summed E-state index contributed by atoms with van der Waals surface area (Å²) < 4.78 is 2.30. The fourth-order valence-electron chi connectivity index (χ4n) is 3.49. The fraction of sp³-hybridized carbons (Fsp3) is 0.333. The molecule has 0 unspecified atom stereocenters. The maximum absolute atomic E-state index is 12.6. The normalized spacial score (nSPS) is 13.8. The molecule has 1 aliphatic heterocycles. The molecule has 0 bridgehead atoms. The van der Waals surface area contributed by atoms with Gasteiger partial charge in [-0.15, -0.1) is 0 Å². The van der Waals surface area contributed by atoms with Gasteiger partial charge in [0.05, 0.1) is 17.2 Å². The van der Waals surface area contributed by atoms with Crippen LogP contribution in [0.1, 0.15) is 24.8 Å². The van der Waals surface area contributed by atoms with Gasteiger partial charge in [-0.25, -0.2) is 9.97 Å². The highest BCUT2D eigenvalue weighted by Gasteiger charge is 2.14. The molecule has 7 nitrogen and oxygen atoms in total. The first-order valence-corrected chi connectivity index (χ1v) is 10.5. The fourth-order valence-corrected chi connectivity index (χ4v) is 3.85. The van der Waals surface area contributed by atoms with Gasteiger partial charge in [0, 0.05) is 43.3 Å². The number of carbonyl (C=O) groups is 1. The quantitative estimate of drug-likeness (QED) is 0.617. The van der Waals surface area contributed by atoms with Crippen LogP contribution in [-0.2, 0) is 17.9 Å². The summed E-state index contributed by atoms with van der Waals surface area (Å²) in [6, 6.07) is 9.34. The van der Waals surface area contributed by atoms with Crippen LogP contribution in [0, 0.1) is 0 Å². The zero-order valence-corrected chi connectivity index (χ0v) is 17.6. The number of benzene rings is 1. The van der Waals surface area contributed by atoms with E-state index in [2.05, 4.69) is 36.1 Å². The van der Waals surface area contributed by atoms with Crippen LogP contribution in [0.2, 0.25) is 0 Å². The Bertz CT molecular complexity index is 1090. The van der Waals surface area contributed by atoms with E-state index in [9.17, 15) is 9.59 Å². The van der Waals surface area contributed by atoms with E-state index in [1.807, 2.05) is 18.2 Å². The molecule has 1 N–H and O–H groups in total. The Hall–Kier alpha value is -2.74. The zero-order chi connectivity index (χ0) is 20.2. The molecule has 3 heterocycles. The lowest BCUT2D eigenvalue weighted by Gasteiger charge is -2.17. The number of halogens is 1. The highest BCUT2D eigenvalue weighted by atomic mass is 79.9. The summed E-state index contributed by atoms with van der Waals surface area (Å²) in [7, 11) is 0. The molecule has 0 atom stereocenters. The van der Waals surface area contributed by atoms with Gasteiger partial charge in [0.2, 0.25) is 5.91 Å². The monoisotopic (exact) mass is 455 g/mol. The predicted octanol–water partition coefficient (Wildman–Crippen LogP) is 2.86. The number of pyridine rings is 1. The molecule has 1 aliphatic rings. The molecular formula is C21H22BrN5O2. The number of carbonyl (C=O) groups excluding carboxylic acids is 1. The van der Waals surface area contributed by atoms with E-state index in [-0.39, 0.29) is 24.4 Å². The van der Waals surface area contributed by atoms with Gasteiger partial charge in [0.1, 0.15) is 5.82 Å². The second-order valence-electron chi connectivity index (χ2n) is 7.15. The maximum Gasteiger partial charge on any atom is 0.261 e. The van der Waals surface area contributed by atoms with Crippen LogP contribution in [0.5, 0.6) is 0 Å². The van der Waals surface area contributed by atoms with Crippen molar-refractivity contribution >= 4 is 38.6 Å². The topological polar surface area (TPSA) is 80.1 Å². The summed E-state index contributed by atoms with van der Waals surface area (Å²) in [6.07, 6.45) is 5.89. The van der Waals surface area contributed by atoms with Crippen LogP contribution in [0.3, 0.4) is 0 Å².